The average Bonchev–Trinajstić information content (AvgIpc) is 2.49. The van der Waals surface area contributed by atoms with Crippen molar-refractivity contribution in [2.24, 2.45) is 0 Å². The number of rotatable bonds is 1. The predicted octanol–water partition coefficient (Wildman–Crippen LogP) is 0.416. The molecular weight excluding hydrogens is 262 g/mol. The van der Waals surface area contributed by atoms with Gasteiger partial charge in [-0.1, -0.05) is 0 Å². The van der Waals surface area contributed by atoms with Crippen LogP contribution in [0.25, 0.3) is 11.2 Å². The Labute approximate surface area is 91.1 Å². The molecule has 2 aromatic heterocycles. The van der Waals surface area contributed by atoms with Gasteiger partial charge in [-0.05, 0) is 0 Å². The molecule has 0 aromatic carbocycles. The monoisotopic (exact) mass is 270 g/mol. The number of hydrogen-bond acceptors (Lipinski definition) is 4. The number of H-pyrrole nitrogens is 1. The van der Waals surface area contributed by atoms with Gasteiger partial charge in [0, 0.05) is 36.5 Å². The standard InChI is InChI=1S/C7H9N5.Ag/c1-12(2)7-5-6(9-3-8-5)10-4-11-7;/h3-4H,1-2H3,(H,8,9,10,11);. The molecule has 0 bridgehead atoms. The minimum absolute atomic E-state index is 0. The maximum absolute atomic E-state index is 4.12. The molecule has 0 atom stereocenters. The Morgan fingerprint density at radius 1 is 1.23 bits per heavy atom. The average molecular weight is 271 g/mol. The number of imidazole rings is 1. The van der Waals surface area contributed by atoms with Crippen LogP contribution in [0.4, 0.5) is 5.82 Å². The van der Waals surface area contributed by atoms with Crippen molar-refractivity contribution >= 4 is 17.0 Å². The van der Waals surface area contributed by atoms with E-state index in [9.17, 15) is 0 Å². The van der Waals surface area contributed by atoms with Gasteiger partial charge in [0.25, 0.3) is 0 Å². The maximum Gasteiger partial charge on any atom is 0.182 e. The number of anilines is 1. The molecule has 2 heterocycles. The fourth-order valence-electron chi connectivity index (χ4n) is 1.09. The van der Waals surface area contributed by atoms with E-state index >= 15 is 0 Å². The largest absolute Gasteiger partial charge is 0.361 e. The van der Waals surface area contributed by atoms with Crippen molar-refractivity contribution in [3.63, 3.8) is 0 Å². The number of aromatic amines is 1. The van der Waals surface area contributed by atoms with Crippen LogP contribution in [0, 0.1) is 0 Å². The van der Waals surface area contributed by atoms with E-state index in [4.69, 9.17) is 0 Å². The van der Waals surface area contributed by atoms with Crippen LogP contribution in [0.3, 0.4) is 0 Å². The van der Waals surface area contributed by atoms with Crippen molar-refractivity contribution in [2.45, 2.75) is 0 Å². The minimum Gasteiger partial charge on any atom is -0.361 e. The second-order valence-corrected chi connectivity index (χ2v) is 2.69. The fraction of sp³-hybridized carbons (Fsp3) is 0.286. The zero-order valence-corrected chi connectivity index (χ0v) is 8.73. The molecule has 0 spiro atoms. The minimum atomic E-state index is 0. The van der Waals surface area contributed by atoms with E-state index in [2.05, 4.69) is 19.9 Å². The van der Waals surface area contributed by atoms with Crippen LogP contribution < -0.4 is 4.90 Å². The molecule has 0 aliphatic rings. The number of fused-ring (bicyclic) bond motifs is 1. The van der Waals surface area contributed by atoms with Gasteiger partial charge in [0.2, 0.25) is 0 Å². The molecule has 0 saturated carbocycles. The van der Waals surface area contributed by atoms with Crippen LogP contribution >= 0.6 is 0 Å². The van der Waals surface area contributed by atoms with Crippen LogP contribution in [-0.4, -0.2) is 34.0 Å². The van der Waals surface area contributed by atoms with Crippen molar-refractivity contribution in [2.75, 3.05) is 19.0 Å². The first-order valence-corrected chi connectivity index (χ1v) is 3.60. The molecule has 73 valence electrons. The molecule has 6 heteroatoms. The van der Waals surface area contributed by atoms with E-state index in [0.717, 1.165) is 11.3 Å². The molecule has 0 amide bonds. The zero-order valence-electron chi connectivity index (χ0n) is 7.25. The predicted molar refractivity (Wildman–Crippen MR) is 46.0 cm³/mol. The maximum atomic E-state index is 4.12. The Morgan fingerprint density at radius 3 is 2.69 bits per heavy atom. The molecule has 0 aliphatic heterocycles. The first-order chi connectivity index (χ1) is 5.79. The van der Waals surface area contributed by atoms with Crippen molar-refractivity contribution in [3.05, 3.63) is 12.7 Å². The number of nitrogens with one attached hydrogen (secondary N) is 1. The summed E-state index contributed by atoms with van der Waals surface area (Å²) in [5.41, 5.74) is 1.58. The molecule has 1 radical (unpaired) electrons. The third-order valence-corrected chi connectivity index (χ3v) is 1.63. The van der Waals surface area contributed by atoms with Crippen molar-refractivity contribution in [3.8, 4) is 0 Å². The quantitative estimate of drug-likeness (QED) is 0.763. The molecule has 2 aromatic rings. The second kappa shape index (κ2) is 3.87. The summed E-state index contributed by atoms with van der Waals surface area (Å²) in [7, 11) is 3.87. The van der Waals surface area contributed by atoms with Gasteiger partial charge in [-0.2, -0.15) is 0 Å². The van der Waals surface area contributed by atoms with Crippen molar-refractivity contribution in [1.82, 2.24) is 19.9 Å². The SMILES string of the molecule is CN(C)c1ncnc2nc[nH]c12.[Ag]. The molecule has 1 N–H and O–H groups in total. The normalized spacial score (nSPS) is 9.69. The summed E-state index contributed by atoms with van der Waals surface area (Å²) in [6, 6.07) is 0. The Bertz CT molecular complexity index is 396. The first kappa shape index (κ1) is 10.2. The first-order valence-electron chi connectivity index (χ1n) is 3.60. The van der Waals surface area contributed by atoms with Crippen LogP contribution in [0.5, 0.6) is 0 Å². The van der Waals surface area contributed by atoms with Gasteiger partial charge in [-0.3, -0.25) is 0 Å². The summed E-state index contributed by atoms with van der Waals surface area (Å²) in [5.74, 6) is 0.859. The van der Waals surface area contributed by atoms with Gasteiger partial charge in [0.15, 0.2) is 11.5 Å². The van der Waals surface area contributed by atoms with Gasteiger partial charge in [0.1, 0.15) is 11.8 Å². The number of aromatic nitrogens is 4. The van der Waals surface area contributed by atoms with Gasteiger partial charge < -0.3 is 9.88 Å². The third kappa shape index (κ3) is 1.72. The molecule has 0 aliphatic carbocycles. The summed E-state index contributed by atoms with van der Waals surface area (Å²) < 4.78 is 0. The van der Waals surface area contributed by atoms with Crippen molar-refractivity contribution in [1.29, 1.82) is 0 Å². The Kier molecular flexibility index (Phi) is 3.03. The van der Waals surface area contributed by atoms with Crippen LogP contribution in [-0.2, 0) is 22.4 Å². The molecule has 0 fully saturated rings. The van der Waals surface area contributed by atoms with Gasteiger partial charge in [-0.15, -0.1) is 0 Å². The van der Waals surface area contributed by atoms with Crippen LogP contribution in [0.1, 0.15) is 0 Å². The van der Waals surface area contributed by atoms with Gasteiger partial charge >= 0.3 is 0 Å². The summed E-state index contributed by atoms with van der Waals surface area (Å²) in [6.07, 6.45) is 3.13. The Morgan fingerprint density at radius 2 is 2.00 bits per heavy atom. The summed E-state index contributed by atoms with van der Waals surface area (Å²) in [4.78, 5) is 17.1. The molecule has 0 unspecified atom stereocenters. The van der Waals surface area contributed by atoms with Gasteiger partial charge in [-0.25, -0.2) is 15.0 Å². The second-order valence-electron chi connectivity index (χ2n) is 2.69. The van der Waals surface area contributed by atoms with E-state index in [1.807, 2.05) is 19.0 Å². The Hall–Kier alpha value is -0.910. The molecule has 5 nitrogen and oxygen atoms in total. The summed E-state index contributed by atoms with van der Waals surface area (Å²) in [6.45, 7) is 0. The Balaban J connectivity index is 0.000000845. The zero-order chi connectivity index (χ0) is 8.55. The molecule has 0 saturated heterocycles. The van der Waals surface area contributed by atoms with E-state index in [1.54, 1.807) is 6.33 Å². The van der Waals surface area contributed by atoms with Gasteiger partial charge in [0.05, 0.1) is 6.33 Å². The van der Waals surface area contributed by atoms with Crippen molar-refractivity contribution < 1.29 is 22.4 Å². The third-order valence-electron chi connectivity index (χ3n) is 1.63. The number of hydrogen-bond donors (Lipinski definition) is 1. The smallest absolute Gasteiger partial charge is 0.182 e. The van der Waals surface area contributed by atoms with Crippen LogP contribution in [0.2, 0.25) is 0 Å². The molecular formula is C7H9AgN5. The fourth-order valence-corrected chi connectivity index (χ4v) is 1.09. The van der Waals surface area contributed by atoms with E-state index in [-0.39, 0.29) is 22.4 Å². The molecule has 13 heavy (non-hydrogen) atoms. The molecule has 2 rings (SSSR count). The van der Waals surface area contributed by atoms with Crippen LogP contribution in [0.15, 0.2) is 12.7 Å². The van der Waals surface area contributed by atoms with E-state index < -0.39 is 0 Å². The summed E-state index contributed by atoms with van der Waals surface area (Å²) in [5, 5.41) is 0. The number of nitrogens with zero attached hydrogens (tertiary/aromatic N) is 4. The topological polar surface area (TPSA) is 57.7 Å². The van der Waals surface area contributed by atoms with E-state index in [0.29, 0.717) is 5.65 Å². The summed E-state index contributed by atoms with van der Waals surface area (Å²) >= 11 is 0. The van der Waals surface area contributed by atoms with E-state index in [1.165, 1.54) is 6.33 Å².